The Labute approximate surface area is 243 Å². The summed E-state index contributed by atoms with van der Waals surface area (Å²) in [6, 6.07) is 22.6. The maximum Gasteiger partial charge on any atom is 0.123 e. The van der Waals surface area contributed by atoms with Gasteiger partial charge in [0.25, 0.3) is 0 Å². The van der Waals surface area contributed by atoms with Gasteiger partial charge >= 0.3 is 0 Å². The van der Waals surface area contributed by atoms with Gasteiger partial charge in [-0.3, -0.25) is 4.98 Å². The lowest BCUT2D eigenvalue weighted by molar-refractivity contribution is 0.557. The zero-order valence-corrected chi connectivity index (χ0v) is 23.5. The number of nitrogens with one attached hydrogen (secondary N) is 2. The van der Waals surface area contributed by atoms with E-state index in [1.165, 1.54) is 17.7 Å². The van der Waals surface area contributed by atoms with Crippen LogP contribution in [0.2, 0.25) is 5.02 Å². The van der Waals surface area contributed by atoms with Crippen molar-refractivity contribution in [2.24, 2.45) is 0 Å². The molecule has 7 nitrogen and oxygen atoms in total. The predicted molar refractivity (Wildman–Crippen MR) is 160 cm³/mol. The highest BCUT2D eigenvalue weighted by molar-refractivity contribution is 6.35. The van der Waals surface area contributed by atoms with Gasteiger partial charge < -0.3 is 10.6 Å². The van der Waals surface area contributed by atoms with Crippen LogP contribution in [0.15, 0.2) is 79.1 Å². The fourth-order valence-electron chi connectivity index (χ4n) is 5.01. The lowest BCUT2D eigenvalue weighted by Gasteiger charge is -2.27. The summed E-state index contributed by atoms with van der Waals surface area (Å²) in [5, 5.41) is 27.0. The monoisotopic (exact) mass is 565 g/mol. The standard InChI is InChI=1S/C32H29ClFN7/c1-32(2,22-6-4-3-5-7-22)19-37-29-21(16-35)17-36-31-26(29)14-24(15-27(31)33)38-30(20-8-10-23(34)11-9-20)28-18-41(40-39-28)25-12-13-25/h3-11,14-15,17-18,25,30,38H,12-13,19H2,1-2H3,(H,36,37). The predicted octanol–water partition coefficient (Wildman–Crippen LogP) is 7.42. The molecular weight excluding hydrogens is 537 g/mol. The summed E-state index contributed by atoms with van der Waals surface area (Å²) in [6.45, 7) is 4.90. The molecule has 1 saturated carbocycles. The minimum Gasteiger partial charge on any atom is -0.383 e. The summed E-state index contributed by atoms with van der Waals surface area (Å²) in [5.74, 6) is -0.313. The molecule has 1 atom stereocenters. The number of pyridine rings is 1. The molecule has 1 aliphatic rings. The number of anilines is 2. The summed E-state index contributed by atoms with van der Waals surface area (Å²) in [7, 11) is 0. The Kier molecular flexibility index (Phi) is 7.06. The molecule has 1 unspecified atom stereocenters. The van der Waals surface area contributed by atoms with Gasteiger partial charge in [-0.1, -0.05) is 73.1 Å². The van der Waals surface area contributed by atoms with Gasteiger partial charge in [-0.2, -0.15) is 5.26 Å². The van der Waals surface area contributed by atoms with Crippen LogP contribution < -0.4 is 10.6 Å². The molecular formula is C32H29ClFN7. The first-order valence-electron chi connectivity index (χ1n) is 13.6. The highest BCUT2D eigenvalue weighted by Crippen LogP contribution is 2.38. The molecule has 0 amide bonds. The number of aromatic nitrogens is 4. The third kappa shape index (κ3) is 5.59. The van der Waals surface area contributed by atoms with Gasteiger partial charge in [0.2, 0.25) is 0 Å². The zero-order valence-electron chi connectivity index (χ0n) is 22.8. The molecule has 9 heteroatoms. The molecule has 0 radical (unpaired) electrons. The second kappa shape index (κ2) is 10.8. The van der Waals surface area contributed by atoms with E-state index < -0.39 is 6.04 Å². The van der Waals surface area contributed by atoms with Crippen LogP contribution in [0.1, 0.15) is 61.2 Å². The molecule has 206 valence electrons. The van der Waals surface area contributed by atoms with Crippen molar-refractivity contribution in [3.8, 4) is 6.07 Å². The van der Waals surface area contributed by atoms with Crippen molar-refractivity contribution >= 4 is 33.9 Å². The number of fused-ring (bicyclic) bond motifs is 1. The van der Waals surface area contributed by atoms with E-state index in [1.54, 1.807) is 18.3 Å². The third-order valence-electron chi connectivity index (χ3n) is 7.57. The molecule has 6 rings (SSSR count). The summed E-state index contributed by atoms with van der Waals surface area (Å²) in [4.78, 5) is 4.50. The Balaban J connectivity index is 1.38. The molecule has 0 saturated heterocycles. The number of halogens is 2. The Morgan fingerprint density at radius 2 is 1.88 bits per heavy atom. The summed E-state index contributed by atoms with van der Waals surface area (Å²) in [5.41, 5.74) is 4.93. The van der Waals surface area contributed by atoms with Crippen LogP contribution in [0.4, 0.5) is 15.8 Å². The first-order valence-corrected chi connectivity index (χ1v) is 14.0. The minimum atomic E-state index is -0.405. The lowest BCUT2D eigenvalue weighted by Crippen LogP contribution is -2.28. The van der Waals surface area contributed by atoms with Crippen molar-refractivity contribution in [2.75, 3.05) is 17.2 Å². The van der Waals surface area contributed by atoms with Crippen LogP contribution in [-0.4, -0.2) is 26.5 Å². The average Bonchev–Trinajstić information content (AvgIpc) is 3.72. The van der Waals surface area contributed by atoms with Gasteiger partial charge in [-0.25, -0.2) is 9.07 Å². The molecule has 1 aliphatic carbocycles. The van der Waals surface area contributed by atoms with E-state index in [-0.39, 0.29) is 11.2 Å². The van der Waals surface area contributed by atoms with Gasteiger partial charge in [0.05, 0.1) is 40.1 Å². The van der Waals surface area contributed by atoms with Gasteiger partial charge in [-0.05, 0) is 48.2 Å². The van der Waals surface area contributed by atoms with Gasteiger partial charge in [-0.15, -0.1) is 5.10 Å². The number of rotatable bonds is 9. The van der Waals surface area contributed by atoms with Gasteiger partial charge in [0.1, 0.15) is 17.6 Å². The second-order valence-corrected chi connectivity index (χ2v) is 11.5. The first kappa shape index (κ1) is 26.7. The molecule has 1 fully saturated rings. The Bertz CT molecular complexity index is 1740. The molecule has 0 aliphatic heterocycles. The number of nitriles is 1. The van der Waals surface area contributed by atoms with Crippen molar-refractivity contribution in [1.29, 1.82) is 5.26 Å². The van der Waals surface area contributed by atoms with E-state index in [4.69, 9.17) is 11.6 Å². The topological polar surface area (TPSA) is 91.5 Å². The molecule has 2 aromatic heterocycles. The Hall–Kier alpha value is -4.48. The number of hydrogen-bond acceptors (Lipinski definition) is 6. The first-order chi connectivity index (χ1) is 19.8. The SMILES string of the molecule is CC(C)(CNc1c(C#N)cnc2c(Cl)cc(NC(c3ccc(F)cc3)c3cn(C4CC4)nn3)cc12)c1ccccc1. The number of nitrogens with zero attached hydrogens (tertiary/aromatic N) is 5. The lowest BCUT2D eigenvalue weighted by atomic mass is 9.84. The molecule has 3 aromatic carbocycles. The van der Waals surface area contributed by atoms with Crippen LogP contribution in [0.3, 0.4) is 0 Å². The summed E-state index contributed by atoms with van der Waals surface area (Å²) in [6.07, 6.45) is 5.66. The fourth-order valence-corrected chi connectivity index (χ4v) is 5.28. The smallest absolute Gasteiger partial charge is 0.123 e. The van der Waals surface area contributed by atoms with Crippen molar-refractivity contribution in [3.05, 3.63) is 112 Å². The van der Waals surface area contributed by atoms with E-state index in [0.29, 0.717) is 45.8 Å². The fraction of sp³-hybridized carbons (Fsp3) is 0.250. The highest BCUT2D eigenvalue weighted by Gasteiger charge is 2.27. The van der Waals surface area contributed by atoms with Crippen molar-refractivity contribution < 1.29 is 4.39 Å². The third-order valence-corrected chi connectivity index (χ3v) is 7.85. The number of benzene rings is 3. The zero-order chi connectivity index (χ0) is 28.6. The van der Waals surface area contributed by atoms with Gasteiger partial charge in [0.15, 0.2) is 0 Å². The van der Waals surface area contributed by atoms with E-state index in [2.05, 4.69) is 58.0 Å². The summed E-state index contributed by atoms with van der Waals surface area (Å²) < 4.78 is 15.7. The molecule has 5 aromatic rings. The van der Waals surface area contributed by atoms with Crippen molar-refractivity contribution in [3.63, 3.8) is 0 Å². The largest absolute Gasteiger partial charge is 0.383 e. The minimum absolute atomic E-state index is 0.204. The average molecular weight is 566 g/mol. The highest BCUT2D eigenvalue weighted by atomic mass is 35.5. The Morgan fingerprint density at radius 1 is 1.12 bits per heavy atom. The van der Waals surface area contributed by atoms with Crippen LogP contribution in [-0.2, 0) is 5.41 Å². The molecule has 2 N–H and O–H groups in total. The molecule has 0 bridgehead atoms. The van der Waals surface area contributed by atoms with Crippen LogP contribution in [0.25, 0.3) is 10.9 Å². The van der Waals surface area contributed by atoms with Gasteiger partial charge in [0, 0.05) is 29.2 Å². The van der Waals surface area contributed by atoms with E-state index in [0.717, 1.165) is 23.8 Å². The molecule has 2 heterocycles. The molecule has 41 heavy (non-hydrogen) atoms. The quantitative estimate of drug-likeness (QED) is 0.193. The van der Waals surface area contributed by atoms with Crippen molar-refractivity contribution in [2.45, 2.75) is 44.2 Å². The maximum atomic E-state index is 13.8. The van der Waals surface area contributed by atoms with Crippen molar-refractivity contribution in [1.82, 2.24) is 20.0 Å². The second-order valence-electron chi connectivity index (χ2n) is 11.1. The maximum absolute atomic E-state index is 13.8. The normalized spacial score (nSPS) is 14.0. The Morgan fingerprint density at radius 3 is 2.59 bits per heavy atom. The summed E-state index contributed by atoms with van der Waals surface area (Å²) >= 11 is 6.77. The van der Waals surface area contributed by atoms with Crippen LogP contribution >= 0.6 is 11.6 Å². The van der Waals surface area contributed by atoms with Crippen LogP contribution in [0, 0.1) is 17.1 Å². The number of hydrogen-bond donors (Lipinski definition) is 2. The van der Waals surface area contributed by atoms with E-state index >= 15 is 0 Å². The van der Waals surface area contributed by atoms with E-state index in [1.807, 2.05) is 41.2 Å². The van der Waals surface area contributed by atoms with Crippen LogP contribution in [0.5, 0.6) is 0 Å². The molecule has 0 spiro atoms. The van der Waals surface area contributed by atoms with E-state index in [9.17, 15) is 9.65 Å².